The van der Waals surface area contributed by atoms with Gasteiger partial charge in [0.2, 0.25) is 0 Å². The highest BCUT2D eigenvalue weighted by atomic mass is 16.8. The first-order valence-corrected chi connectivity index (χ1v) is 14.2. The molecule has 1 saturated heterocycles. The predicted octanol–water partition coefficient (Wildman–Crippen LogP) is 3.91. The van der Waals surface area contributed by atoms with E-state index in [0.717, 1.165) is 16.7 Å². The summed E-state index contributed by atoms with van der Waals surface area (Å²) < 4.78 is 47.5. The molecule has 45 heavy (non-hydrogen) atoms. The minimum atomic E-state index is -0.691. The van der Waals surface area contributed by atoms with Crippen LogP contribution in [0.4, 0.5) is 4.79 Å². The zero-order valence-electron chi connectivity index (χ0n) is 25.0. The Labute approximate surface area is 261 Å². The van der Waals surface area contributed by atoms with E-state index in [0.29, 0.717) is 30.2 Å². The highest BCUT2D eigenvalue weighted by molar-refractivity contribution is 5.61. The summed E-state index contributed by atoms with van der Waals surface area (Å²) in [6.07, 6.45) is -2.06. The third-order valence-corrected chi connectivity index (χ3v) is 6.88. The van der Waals surface area contributed by atoms with Crippen LogP contribution in [0, 0.1) is 0 Å². The molecule has 240 valence electrons. The van der Waals surface area contributed by atoms with Crippen molar-refractivity contribution in [3.05, 3.63) is 89.5 Å². The number of carbonyl (C=O) groups excluding carboxylic acids is 3. The van der Waals surface area contributed by atoms with Crippen molar-refractivity contribution in [2.24, 2.45) is 0 Å². The van der Waals surface area contributed by atoms with E-state index in [9.17, 15) is 14.4 Å². The lowest BCUT2D eigenvalue weighted by Crippen LogP contribution is -2.26. The monoisotopic (exact) mass is 624 g/mol. The lowest BCUT2D eigenvalue weighted by molar-refractivity contribution is -0.137. The summed E-state index contributed by atoms with van der Waals surface area (Å²) in [5.74, 6) is 1.72. The quantitative estimate of drug-likeness (QED) is 0.0781. The predicted molar refractivity (Wildman–Crippen MR) is 159 cm³/mol. The summed E-state index contributed by atoms with van der Waals surface area (Å²) >= 11 is 0. The molecule has 0 amide bonds. The first-order chi connectivity index (χ1) is 22.0. The molecule has 0 spiro atoms. The Kier molecular flexibility index (Phi) is 12.9. The zero-order valence-corrected chi connectivity index (χ0v) is 25.0. The molecule has 4 atom stereocenters. The lowest BCUT2D eigenvalue weighted by Gasteiger charge is -2.21. The van der Waals surface area contributed by atoms with Crippen LogP contribution in [0.3, 0.4) is 0 Å². The molecular weight excluding hydrogens is 588 g/mol. The van der Waals surface area contributed by atoms with E-state index < -0.39 is 24.5 Å². The Balaban J connectivity index is 1.50. The SMILES string of the molecule is COCC(COc1ccc(C(c2ccc(OCC(COC=O)OC)cc2)c2ccc(OCC3COC(=O)O3)cc2)cc1)OC=O. The molecule has 1 aliphatic heterocycles. The number of rotatable bonds is 20. The molecule has 3 aromatic carbocycles. The molecule has 4 rings (SSSR count). The average Bonchev–Trinajstić information content (AvgIpc) is 3.49. The summed E-state index contributed by atoms with van der Waals surface area (Å²) in [5, 5.41) is 0. The minimum absolute atomic E-state index is 0.0936. The third-order valence-electron chi connectivity index (χ3n) is 6.88. The van der Waals surface area contributed by atoms with Crippen LogP contribution in [-0.2, 0) is 38.0 Å². The van der Waals surface area contributed by atoms with Crippen LogP contribution >= 0.6 is 0 Å². The van der Waals surface area contributed by atoms with Crippen molar-refractivity contribution in [2.45, 2.75) is 24.2 Å². The van der Waals surface area contributed by atoms with Gasteiger partial charge >= 0.3 is 6.16 Å². The maximum atomic E-state index is 11.2. The van der Waals surface area contributed by atoms with Crippen LogP contribution < -0.4 is 14.2 Å². The fourth-order valence-corrected chi connectivity index (χ4v) is 4.58. The van der Waals surface area contributed by atoms with Gasteiger partial charge < -0.3 is 42.6 Å². The van der Waals surface area contributed by atoms with E-state index in [1.165, 1.54) is 14.2 Å². The number of methoxy groups -OCH3 is 2. The number of hydrogen-bond donors (Lipinski definition) is 0. The van der Waals surface area contributed by atoms with Gasteiger partial charge in [-0.15, -0.1) is 0 Å². The molecule has 1 heterocycles. The molecule has 0 N–H and O–H groups in total. The Morgan fingerprint density at radius 1 is 0.711 bits per heavy atom. The van der Waals surface area contributed by atoms with Gasteiger partial charge in [-0.1, -0.05) is 36.4 Å². The van der Waals surface area contributed by atoms with E-state index in [-0.39, 0.29) is 45.6 Å². The van der Waals surface area contributed by atoms with E-state index in [2.05, 4.69) is 0 Å². The number of hydrogen-bond acceptors (Lipinski definition) is 12. The first-order valence-electron chi connectivity index (χ1n) is 14.2. The number of cyclic esters (lactones) is 2. The van der Waals surface area contributed by atoms with Gasteiger partial charge in [0.15, 0.2) is 12.2 Å². The van der Waals surface area contributed by atoms with Crippen LogP contribution in [0.1, 0.15) is 22.6 Å². The Morgan fingerprint density at radius 2 is 1.24 bits per heavy atom. The molecule has 0 saturated carbocycles. The van der Waals surface area contributed by atoms with Gasteiger partial charge in [0, 0.05) is 20.1 Å². The fraction of sp³-hybridized carbons (Fsp3) is 0.364. The van der Waals surface area contributed by atoms with Gasteiger partial charge in [0.1, 0.15) is 56.4 Å². The van der Waals surface area contributed by atoms with Crippen LogP contribution in [0.2, 0.25) is 0 Å². The Bertz CT molecular complexity index is 1330. The van der Waals surface area contributed by atoms with Crippen molar-refractivity contribution < 1.29 is 57.0 Å². The molecule has 0 aromatic heterocycles. The molecule has 1 fully saturated rings. The molecule has 1 aliphatic rings. The van der Waals surface area contributed by atoms with Crippen LogP contribution in [-0.4, -0.2) is 91.3 Å². The van der Waals surface area contributed by atoms with E-state index in [1.807, 2.05) is 72.8 Å². The second-order valence-corrected chi connectivity index (χ2v) is 9.97. The number of benzene rings is 3. The third kappa shape index (κ3) is 10.1. The fourth-order valence-electron chi connectivity index (χ4n) is 4.58. The van der Waals surface area contributed by atoms with Crippen molar-refractivity contribution in [3.63, 3.8) is 0 Å². The molecule has 3 aromatic rings. The lowest BCUT2D eigenvalue weighted by atomic mass is 9.85. The van der Waals surface area contributed by atoms with Gasteiger partial charge in [-0.25, -0.2) is 4.79 Å². The highest BCUT2D eigenvalue weighted by Crippen LogP contribution is 2.35. The van der Waals surface area contributed by atoms with Gasteiger partial charge in [0.05, 0.1) is 6.61 Å². The van der Waals surface area contributed by atoms with Gasteiger partial charge in [-0.05, 0) is 53.1 Å². The first kappa shape index (κ1) is 33.1. The minimum Gasteiger partial charge on any atom is -0.491 e. The van der Waals surface area contributed by atoms with Gasteiger partial charge in [0.25, 0.3) is 12.9 Å². The molecular formula is C33H36O12. The largest absolute Gasteiger partial charge is 0.508 e. The summed E-state index contributed by atoms with van der Waals surface area (Å²) in [5.41, 5.74) is 3.01. The summed E-state index contributed by atoms with van der Waals surface area (Å²) in [4.78, 5) is 32.4. The Morgan fingerprint density at radius 3 is 1.69 bits per heavy atom. The topological polar surface area (TPSA) is 134 Å². The standard InChI is InChI=1S/C33H36O12/c1-37-15-30(44-22-35)18-41-27-11-5-24(6-12-27)32(23-3-9-26(10-4-23)40-17-29(38-2)16-39-21-34)25-7-13-28(14-8-25)42-19-31-20-43-33(36)45-31/h3-14,21-22,29-32H,15-20H2,1-2H3. The van der Waals surface area contributed by atoms with Gasteiger partial charge in [-0.3, -0.25) is 9.59 Å². The van der Waals surface area contributed by atoms with Crippen molar-refractivity contribution in [1.82, 2.24) is 0 Å². The maximum absolute atomic E-state index is 11.2. The van der Waals surface area contributed by atoms with E-state index >= 15 is 0 Å². The Hall–Kier alpha value is -4.81. The van der Waals surface area contributed by atoms with Crippen molar-refractivity contribution in [2.75, 3.05) is 53.9 Å². The molecule has 0 radical (unpaired) electrons. The molecule has 12 nitrogen and oxygen atoms in total. The van der Waals surface area contributed by atoms with Gasteiger partial charge in [-0.2, -0.15) is 0 Å². The van der Waals surface area contributed by atoms with Crippen LogP contribution in [0.15, 0.2) is 72.8 Å². The summed E-state index contributed by atoms with van der Waals surface area (Å²) in [6.45, 7) is 1.77. The second kappa shape index (κ2) is 17.5. The van der Waals surface area contributed by atoms with E-state index in [1.54, 1.807) is 0 Å². The zero-order chi connectivity index (χ0) is 31.9. The summed E-state index contributed by atoms with van der Waals surface area (Å²) in [6, 6.07) is 23.1. The second-order valence-electron chi connectivity index (χ2n) is 9.97. The molecule has 0 aliphatic carbocycles. The van der Waals surface area contributed by atoms with Crippen LogP contribution in [0.25, 0.3) is 0 Å². The number of ether oxygens (including phenoxy) is 9. The average molecular weight is 625 g/mol. The van der Waals surface area contributed by atoms with Crippen molar-refractivity contribution in [3.8, 4) is 17.2 Å². The van der Waals surface area contributed by atoms with Crippen LogP contribution in [0.5, 0.6) is 17.2 Å². The molecule has 0 bridgehead atoms. The summed E-state index contributed by atoms with van der Waals surface area (Å²) in [7, 11) is 3.05. The molecule has 12 heteroatoms. The van der Waals surface area contributed by atoms with Crippen molar-refractivity contribution >= 4 is 19.1 Å². The normalized spacial score (nSPS) is 16.0. The maximum Gasteiger partial charge on any atom is 0.508 e. The van der Waals surface area contributed by atoms with Crippen molar-refractivity contribution in [1.29, 1.82) is 0 Å². The highest BCUT2D eigenvalue weighted by Gasteiger charge is 2.25. The van der Waals surface area contributed by atoms with E-state index in [4.69, 9.17) is 42.6 Å². The smallest absolute Gasteiger partial charge is 0.491 e. The number of carbonyl (C=O) groups is 3. The molecule has 4 unspecified atom stereocenters.